The van der Waals surface area contributed by atoms with E-state index in [0.29, 0.717) is 43.4 Å². The average molecular weight is 373 g/mol. The lowest BCUT2D eigenvalue weighted by Crippen LogP contribution is -2.39. The van der Waals surface area contributed by atoms with E-state index in [1.54, 1.807) is 9.80 Å². The second-order valence-electron chi connectivity index (χ2n) is 6.07. The van der Waals surface area contributed by atoms with Crippen LogP contribution in [0.4, 0.5) is 4.79 Å². The maximum absolute atomic E-state index is 13.1. The first kappa shape index (κ1) is 18.3. The Labute approximate surface area is 157 Å². The third kappa shape index (κ3) is 3.99. The maximum Gasteiger partial charge on any atom is 0.314 e. The van der Waals surface area contributed by atoms with Gasteiger partial charge in [0.25, 0.3) is 5.91 Å². The smallest absolute Gasteiger partial charge is 0.314 e. The molecule has 2 heterocycles. The molecule has 138 valence electrons. The molecule has 2 aromatic rings. The van der Waals surface area contributed by atoms with Gasteiger partial charge in [0.15, 0.2) is 0 Å². The number of hydrogen-bond donors (Lipinski definition) is 1. The van der Waals surface area contributed by atoms with Crippen molar-refractivity contribution in [3.63, 3.8) is 0 Å². The van der Waals surface area contributed by atoms with E-state index in [4.69, 9.17) is 10.5 Å². The molecule has 1 aliphatic heterocycles. The third-order valence-corrected chi connectivity index (χ3v) is 5.50. The molecule has 2 N–H and O–H groups in total. The molecule has 0 spiro atoms. The van der Waals surface area contributed by atoms with E-state index in [1.807, 2.05) is 43.3 Å². The molecular weight excluding hydrogens is 350 g/mol. The summed E-state index contributed by atoms with van der Waals surface area (Å²) in [7, 11) is 0. The summed E-state index contributed by atoms with van der Waals surface area (Å²) in [5, 5.41) is 0. The monoisotopic (exact) mass is 373 g/mol. The number of rotatable bonds is 4. The van der Waals surface area contributed by atoms with E-state index < -0.39 is 6.03 Å². The van der Waals surface area contributed by atoms with E-state index in [9.17, 15) is 9.59 Å². The van der Waals surface area contributed by atoms with Crippen LogP contribution in [0.1, 0.15) is 23.0 Å². The van der Waals surface area contributed by atoms with Crippen molar-refractivity contribution >= 4 is 23.3 Å². The Morgan fingerprint density at radius 1 is 1.12 bits per heavy atom. The summed E-state index contributed by atoms with van der Waals surface area (Å²) in [6, 6.07) is 11.5. The number of urea groups is 1. The number of benzene rings is 1. The predicted molar refractivity (Wildman–Crippen MR) is 103 cm³/mol. The number of nitrogens with two attached hydrogens (primary N) is 1. The fourth-order valence-corrected chi connectivity index (χ4v) is 4.09. The number of ether oxygens (including phenoxy) is 1. The molecule has 0 radical (unpaired) electrons. The van der Waals surface area contributed by atoms with Gasteiger partial charge in [0.05, 0.1) is 6.61 Å². The van der Waals surface area contributed by atoms with E-state index in [2.05, 4.69) is 0 Å². The fourth-order valence-electron chi connectivity index (χ4n) is 3.02. The van der Waals surface area contributed by atoms with Gasteiger partial charge in [-0.3, -0.25) is 4.79 Å². The molecular formula is C19H23N3O3S. The van der Waals surface area contributed by atoms with Crippen molar-refractivity contribution in [3.05, 3.63) is 41.3 Å². The van der Waals surface area contributed by atoms with Crippen LogP contribution >= 0.6 is 11.3 Å². The Bertz CT molecular complexity index is 776. The third-order valence-electron chi connectivity index (χ3n) is 4.35. The van der Waals surface area contributed by atoms with Crippen molar-refractivity contribution in [2.45, 2.75) is 13.3 Å². The number of hydrogen-bond acceptors (Lipinski definition) is 4. The van der Waals surface area contributed by atoms with E-state index in [-0.39, 0.29) is 5.91 Å². The molecule has 0 bridgehead atoms. The highest BCUT2D eigenvalue weighted by molar-refractivity contribution is 7.17. The van der Waals surface area contributed by atoms with Gasteiger partial charge < -0.3 is 20.3 Å². The Balaban J connectivity index is 1.84. The van der Waals surface area contributed by atoms with Crippen LogP contribution in [0.25, 0.3) is 10.4 Å². The molecule has 7 heteroatoms. The normalized spacial score (nSPS) is 14.8. The van der Waals surface area contributed by atoms with Gasteiger partial charge in [-0.25, -0.2) is 4.79 Å². The number of amides is 3. The minimum absolute atomic E-state index is 0.0491. The second-order valence-corrected chi connectivity index (χ2v) is 7.13. The Morgan fingerprint density at radius 3 is 2.50 bits per heavy atom. The molecule has 0 saturated carbocycles. The van der Waals surface area contributed by atoms with Gasteiger partial charge in [0.2, 0.25) is 0 Å². The van der Waals surface area contributed by atoms with Crippen LogP contribution in [0.3, 0.4) is 0 Å². The lowest BCUT2D eigenvalue weighted by Gasteiger charge is -2.21. The highest BCUT2D eigenvalue weighted by Gasteiger charge is 2.26. The van der Waals surface area contributed by atoms with Gasteiger partial charge in [0, 0.05) is 31.1 Å². The minimum Gasteiger partial charge on any atom is -0.492 e. The van der Waals surface area contributed by atoms with Crippen LogP contribution in [-0.4, -0.2) is 54.5 Å². The number of carbonyl (C=O) groups excluding carboxylic acids is 2. The molecule has 0 unspecified atom stereocenters. The van der Waals surface area contributed by atoms with Crippen molar-refractivity contribution in [1.82, 2.24) is 9.80 Å². The zero-order chi connectivity index (χ0) is 18.5. The molecule has 3 rings (SSSR count). The van der Waals surface area contributed by atoms with Crippen LogP contribution in [0, 0.1) is 0 Å². The largest absolute Gasteiger partial charge is 0.492 e. The number of thiophene rings is 1. The van der Waals surface area contributed by atoms with E-state index >= 15 is 0 Å². The average Bonchev–Trinajstić information content (AvgIpc) is 2.90. The van der Waals surface area contributed by atoms with Gasteiger partial charge in [-0.15, -0.1) is 11.3 Å². The van der Waals surface area contributed by atoms with Crippen LogP contribution in [0.15, 0.2) is 36.4 Å². The molecule has 1 aromatic heterocycles. The molecule has 6 nitrogen and oxygen atoms in total. The Kier molecular flexibility index (Phi) is 5.78. The lowest BCUT2D eigenvalue weighted by molar-refractivity contribution is 0.0763. The summed E-state index contributed by atoms with van der Waals surface area (Å²) >= 11 is 1.45. The van der Waals surface area contributed by atoms with E-state index in [0.717, 1.165) is 16.9 Å². The lowest BCUT2D eigenvalue weighted by atomic mass is 10.2. The van der Waals surface area contributed by atoms with Gasteiger partial charge in [-0.05, 0) is 25.0 Å². The van der Waals surface area contributed by atoms with Crippen molar-refractivity contribution in [3.8, 4) is 16.2 Å². The molecule has 3 amide bonds. The summed E-state index contributed by atoms with van der Waals surface area (Å²) in [4.78, 5) is 29.5. The topological polar surface area (TPSA) is 75.9 Å². The number of nitrogens with zero attached hydrogens (tertiary/aromatic N) is 2. The minimum atomic E-state index is -0.434. The summed E-state index contributed by atoms with van der Waals surface area (Å²) < 4.78 is 5.72. The first-order valence-electron chi connectivity index (χ1n) is 8.76. The summed E-state index contributed by atoms with van der Waals surface area (Å²) in [5.41, 5.74) is 6.43. The predicted octanol–water partition coefficient (Wildman–Crippen LogP) is 3.04. The van der Waals surface area contributed by atoms with Gasteiger partial charge in [0.1, 0.15) is 10.6 Å². The van der Waals surface area contributed by atoms with Crippen molar-refractivity contribution in [2.24, 2.45) is 5.73 Å². The quantitative estimate of drug-likeness (QED) is 0.895. The zero-order valence-electron chi connectivity index (χ0n) is 14.8. The first-order chi connectivity index (χ1) is 12.6. The van der Waals surface area contributed by atoms with Crippen LogP contribution < -0.4 is 10.5 Å². The Morgan fingerprint density at radius 2 is 1.81 bits per heavy atom. The number of carbonyl (C=O) groups is 2. The molecule has 0 atom stereocenters. The van der Waals surface area contributed by atoms with Gasteiger partial charge in [-0.2, -0.15) is 0 Å². The van der Waals surface area contributed by atoms with Crippen LogP contribution in [0.5, 0.6) is 5.75 Å². The summed E-state index contributed by atoms with van der Waals surface area (Å²) in [6.07, 6.45) is 0.718. The molecule has 1 aromatic carbocycles. The maximum atomic E-state index is 13.1. The molecule has 0 aliphatic carbocycles. The second kappa shape index (κ2) is 8.23. The van der Waals surface area contributed by atoms with Crippen LogP contribution in [-0.2, 0) is 0 Å². The number of primary amides is 1. The van der Waals surface area contributed by atoms with Crippen molar-refractivity contribution in [2.75, 3.05) is 32.8 Å². The zero-order valence-corrected chi connectivity index (χ0v) is 15.6. The van der Waals surface area contributed by atoms with Crippen molar-refractivity contribution < 1.29 is 14.3 Å². The SMILES string of the molecule is CCOc1cc(-c2ccccc2)sc1C(=O)N1CCCN(C(N)=O)CC1. The summed E-state index contributed by atoms with van der Waals surface area (Å²) in [6.45, 7) is 4.53. The van der Waals surface area contributed by atoms with Crippen molar-refractivity contribution in [1.29, 1.82) is 0 Å². The molecule has 1 saturated heterocycles. The standard InChI is InChI=1S/C19H23N3O3S/c1-2-25-15-13-16(14-7-4-3-5-8-14)26-17(15)18(23)21-9-6-10-22(12-11-21)19(20)24/h3-5,7-8,13H,2,6,9-12H2,1H3,(H2,20,24). The highest BCUT2D eigenvalue weighted by Crippen LogP contribution is 2.37. The van der Waals surface area contributed by atoms with Gasteiger partial charge >= 0.3 is 6.03 Å². The fraction of sp³-hybridized carbons (Fsp3) is 0.368. The molecule has 1 aliphatic rings. The molecule has 1 fully saturated rings. The van der Waals surface area contributed by atoms with Crippen LogP contribution in [0.2, 0.25) is 0 Å². The Hall–Kier alpha value is -2.54. The first-order valence-corrected chi connectivity index (χ1v) is 9.57. The molecule has 26 heavy (non-hydrogen) atoms. The summed E-state index contributed by atoms with van der Waals surface area (Å²) in [5.74, 6) is 0.573. The highest BCUT2D eigenvalue weighted by atomic mass is 32.1. The van der Waals surface area contributed by atoms with Gasteiger partial charge in [-0.1, -0.05) is 30.3 Å². The van der Waals surface area contributed by atoms with E-state index in [1.165, 1.54) is 11.3 Å².